The van der Waals surface area contributed by atoms with Crippen LogP contribution in [0.5, 0.6) is 0 Å². The molecule has 0 aromatic heterocycles. The Morgan fingerprint density at radius 1 is 1.29 bits per heavy atom. The Balaban J connectivity index is 1.77. The van der Waals surface area contributed by atoms with Crippen LogP contribution in [0, 0.1) is 5.92 Å². The zero-order valence-corrected chi connectivity index (χ0v) is 9.47. The third-order valence-corrected chi connectivity index (χ3v) is 3.86. The Morgan fingerprint density at radius 2 is 2.21 bits per heavy atom. The van der Waals surface area contributed by atoms with Gasteiger partial charge in [-0.2, -0.15) is 0 Å². The molecule has 2 aliphatic rings. The van der Waals surface area contributed by atoms with Crippen LogP contribution in [0.15, 0.2) is 0 Å². The number of nitrogens with one attached hydrogen (secondary N) is 1. The normalized spacial score (nSPS) is 34.9. The molecule has 2 heterocycles. The van der Waals surface area contributed by atoms with Gasteiger partial charge in [-0.1, -0.05) is 6.92 Å². The van der Waals surface area contributed by atoms with E-state index in [-0.39, 0.29) is 0 Å². The second-order valence-corrected chi connectivity index (χ2v) is 4.91. The fourth-order valence-electron chi connectivity index (χ4n) is 3.01. The number of rotatable bonds is 3. The summed E-state index contributed by atoms with van der Waals surface area (Å²) >= 11 is 0. The zero-order chi connectivity index (χ0) is 9.80. The van der Waals surface area contributed by atoms with Crippen molar-refractivity contribution >= 4 is 0 Å². The third kappa shape index (κ3) is 2.48. The first-order valence-electron chi connectivity index (χ1n) is 6.35. The highest BCUT2D eigenvalue weighted by atomic mass is 15.2. The maximum Gasteiger partial charge on any atom is 0.00932 e. The van der Waals surface area contributed by atoms with E-state index in [9.17, 15) is 0 Å². The second-order valence-electron chi connectivity index (χ2n) is 4.91. The molecule has 1 N–H and O–H groups in total. The van der Waals surface area contributed by atoms with Crippen LogP contribution in [0.3, 0.4) is 0 Å². The predicted molar refractivity (Wildman–Crippen MR) is 60.5 cm³/mol. The fourth-order valence-corrected chi connectivity index (χ4v) is 3.01. The largest absolute Gasteiger partial charge is 0.316 e. The van der Waals surface area contributed by atoms with E-state index >= 15 is 0 Å². The van der Waals surface area contributed by atoms with E-state index in [1.165, 1.54) is 58.3 Å². The van der Waals surface area contributed by atoms with Crippen molar-refractivity contribution in [2.75, 3.05) is 26.2 Å². The van der Waals surface area contributed by atoms with Gasteiger partial charge in [0.15, 0.2) is 0 Å². The van der Waals surface area contributed by atoms with Gasteiger partial charge in [0.2, 0.25) is 0 Å². The minimum absolute atomic E-state index is 0.900. The quantitative estimate of drug-likeness (QED) is 0.741. The Labute approximate surface area is 88.1 Å². The van der Waals surface area contributed by atoms with Crippen molar-refractivity contribution in [3.63, 3.8) is 0 Å². The van der Waals surface area contributed by atoms with Crippen molar-refractivity contribution in [3.8, 4) is 0 Å². The average molecular weight is 196 g/mol. The predicted octanol–water partition coefficient (Wildman–Crippen LogP) is 1.86. The highest BCUT2D eigenvalue weighted by molar-refractivity contribution is 4.81. The summed E-state index contributed by atoms with van der Waals surface area (Å²) in [6, 6.07) is 0.900. The summed E-state index contributed by atoms with van der Waals surface area (Å²) in [5.74, 6) is 0.927. The Kier molecular flexibility index (Phi) is 3.82. The molecule has 82 valence electrons. The van der Waals surface area contributed by atoms with Crippen LogP contribution in [0.4, 0.5) is 0 Å². The summed E-state index contributed by atoms with van der Waals surface area (Å²) in [6.07, 6.45) is 7.05. The van der Waals surface area contributed by atoms with Crippen LogP contribution >= 0.6 is 0 Å². The molecule has 1 unspecified atom stereocenters. The van der Waals surface area contributed by atoms with Crippen molar-refractivity contribution in [2.45, 2.75) is 45.1 Å². The lowest BCUT2D eigenvalue weighted by atomic mass is 9.98. The molecule has 0 aromatic carbocycles. The lowest BCUT2D eigenvalue weighted by Gasteiger charge is -2.30. The van der Waals surface area contributed by atoms with Crippen LogP contribution in [0.2, 0.25) is 0 Å². The Morgan fingerprint density at radius 3 is 2.93 bits per heavy atom. The number of piperidine rings is 1. The van der Waals surface area contributed by atoms with Gasteiger partial charge in [0.25, 0.3) is 0 Å². The smallest absolute Gasteiger partial charge is 0.00932 e. The first-order valence-corrected chi connectivity index (χ1v) is 6.35. The molecule has 0 saturated carbocycles. The van der Waals surface area contributed by atoms with Gasteiger partial charge in [-0.05, 0) is 57.7 Å². The van der Waals surface area contributed by atoms with Crippen molar-refractivity contribution < 1.29 is 0 Å². The summed E-state index contributed by atoms with van der Waals surface area (Å²) in [4.78, 5) is 2.73. The zero-order valence-electron chi connectivity index (χ0n) is 9.47. The Hall–Kier alpha value is -0.0800. The van der Waals surface area contributed by atoms with Gasteiger partial charge in [-0.15, -0.1) is 0 Å². The van der Waals surface area contributed by atoms with Crippen LogP contribution in [0.25, 0.3) is 0 Å². The standard InChI is InChI=1S/C12H24N2/c1-2-12-6-4-8-14(12)10-11-5-3-7-13-9-11/h11-13H,2-10H2,1H3/t11-,12?/m0/s1. The van der Waals surface area contributed by atoms with E-state index in [0.29, 0.717) is 0 Å². The second kappa shape index (κ2) is 5.13. The molecule has 2 saturated heterocycles. The molecule has 2 heteroatoms. The molecule has 2 aliphatic heterocycles. The summed E-state index contributed by atoms with van der Waals surface area (Å²) in [5.41, 5.74) is 0. The van der Waals surface area contributed by atoms with Gasteiger partial charge in [-0.3, -0.25) is 0 Å². The number of hydrogen-bond donors (Lipinski definition) is 1. The van der Waals surface area contributed by atoms with E-state index in [1.807, 2.05) is 0 Å². The molecule has 2 nitrogen and oxygen atoms in total. The Bertz CT molecular complexity index is 164. The van der Waals surface area contributed by atoms with Gasteiger partial charge >= 0.3 is 0 Å². The van der Waals surface area contributed by atoms with Gasteiger partial charge < -0.3 is 10.2 Å². The van der Waals surface area contributed by atoms with E-state index < -0.39 is 0 Å². The van der Waals surface area contributed by atoms with Crippen LogP contribution in [0.1, 0.15) is 39.0 Å². The van der Waals surface area contributed by atoms with E-state index in [2.05, 4.69) is 17.1 Å². The maximum absolute atomic E-state index is 3.51. The van der Waals surface area contributed by atoms with Gasteiger partial charge in [0.1, 0.15) is 0 Å². The first kappa shape index (κ1) is 10.4. The summed E-state index contributed by atoms with van der Waals surface area (Å²) in [6.45, 7) is 7.54. The maximum atomic E-state index is 3.51. The molecule has 0 radical (unpaired) electrons. The van der Waals surface area contributed by atoms with Gasteiger partial charge in [0, 0.05) is 12.6 Å². The molecule has 0 aromatic rings. The SMILES string of the molecule is CCC1CCCN1C[C@H]1CCCNC1. The molecule has 2 rings (SSSR count). The molecular formula is C12H24N2. The molecule has 14 heavy (non-hydrogen) atoms. The van der Waals surface area contributed by atoms with Crippen molar-refractivity contribution in [3.05, 3.63) is 0 Å². The molecule has 0 amide bonds. The monoisotopic (exact) mass is 196 g/mol. The van der Waals surface area contributed by atoms with Crippen LogP contribution in [-0.2, 0) is 0 Å². The lowest BCUT2D eigenvalue weighted by molar-refractivity contribution is 0.191. The van der Waals surface area contributed by atoms with E-state index in [4.69, 9.17) is 0 Å². The molecule has 2 fully saturated rings. The highest BCUT2D eigenvalue weighted by Gasteiger charge is 2.25. The van der Waals surface area contributed by atoms with Crippen LogP contribution < -0.4 is 5.32 Å². The molecule has 0 aliphatic carbocycles. The fraction of sp³-hybridized carbons (Fsp3) is 1.00. The van der Waals surface area contributed by atoms with Crippen molar-refractivity contribution in [1.82, 2.24) is 10.2 Å². The minimum Gasteiger partial charge on any atom is -0.316 e. The minimum atomic E-state index is 0.900. The van der Waals surface area contributed by atoms with E-state index in [0.717, 1.165) is 12.0 Å². The van der Waals surface area contributed by atoms with Crippen LogP contribution in [-0.4, -0.2) is 37.1 Å². The molecular weight excluding hydrogens is 172 g/mol. The lowest BCUT2D eigenvalue weighted by Crippen LogP contribution is -2.40. The average Bonchev–Trinajstić information content (AvgIpc) is 2.67. The molecule has 2 atom stereocenters. The number of nitrogens with zero attached hydrogens (tertiary/aromatic N) is 1. The van der Waals surface area contributed by atoms with Gasteiger partial charge in [0.05, 0.1) is 0 Å². The summed E-state index contributed by atoms with van der Waals surface area (Å²) in [7, 11) is 0. The van der Waals surface area contributed by atoms with E-state index in [1.54, 1.807) is 0 Å². The van der Waals surface area contributed by atoms with Gasteiger partial charge in [-0.25, -0.2) is 0 Å². The van der Waals surface area contributed by atoms with Crippen molar-refractivity contribution in [2.24, 2.45) is 5.92 Å². The third-order valence-electron chi connectivity index (χ3n) is 3.86. The first-order chi connectivity index (χ1) is 6.90. The number of hydrogen-bond acceptors (Lipinski definition) is 2. The summed E-state index contributed by atoms with van der Waals surface area (Å²) in [5, 5.41) is 3.51. The van der Waals surface area contributed by atoms with Crippen molar-refractivity contribution in [1.29, 1.82) is 0 Å². The highest BCUT2D eigenvalue weighted by Crippen LogP contribution is 2.22. The summed E-state index contributed by atoms with van der Waals surface area (Å²) < 4.78 is 0. The molecule has 0 bridgehead atoms. The number of likely N-dealkylation sites (tertiary alicyclic amines) is 1. The molecule has 0 spiro atoms. The topological polar surface area (TPSA) is 15.3 Å².